The van der Waals surface area contributed by atoms with Gasteiger partial charge < -0.3 is 5.32 Å². The highest BCUT2D eigenvalue weighted by Gasteiger charge is 2.24. The van der Waals surface area contributed by atoms with Crippen molar-refractivity contribution in [2.45, 2.75) is 30.3 Å². The van der Waals surface area contributed by atoms with Gasteiger partial charge in [0.25, 0.3) is 0 Å². The quantitative estimate of drug-likeness (QED) is 0.686. The highest BCUT2D eigenvalue weighted by molar-refractivity contribution is 7.89. The first-order chi connectivity index (χ1) is 13.4. The average Bonchev–Trinajstić information content (AvgIpc) is 3.09. The Balaban J connectivity index is 1.41. The molecule has 2 N–H and O–H groups in total. The first-order valence-electron chi connectivity index (χ1n) is 9.24. The summed E-state index contributed by atoms with van der Waals surface area (Å²) >= 11 is 5.93. The van der Waals surface area contributed by atoms with Crippen molar-refractivity contribution in [3.05, 3.63) is 65.2 Å². The Morgan fingerprint density at radius 3 is 2.57 bits per heavy atom. The van der Waals surface area contributed by atoms with E-state index in [1.165, 1.54) is 17.7 Å². The standard InChI is InChI=1S/C20H24ClN3O3S/c21-18-8-4-5-9-19(18)28(26,27)22-12-10-20(25)23-17-11-13-24(15-17)14-16-6-2-1-3-7-16/h1-9,17,22H,10-15H2,(H,23,25). The van der Waals surface area contributed by atoms with Crippen LogP contribution in [0.4, 0.5) is 0 Å². The van der Waals surface area contributed by atoms with Crippen LogP contribution in [-0.4, -0.2) is 44.9 Å². The molecule has 1 fully saturated rings. The number of nitrogens with zero attached hydrogens (tertiary/aromatic N) is 1. The van der Waals surface area contributed by atoms with E-state index in [0.717, 1.165) is 26.1 Å². The summed E-state index contributed by atoms with van der Waals surface area (Å²) in [5.41, 5.74) is 1.25. The van der Waals surface area contributed by atoms with E-state index in [2.05, 4.69) is 27.1 Å². The monoisotopic (exact) mass is 421 g/mol. The molecule has 2 aromatic carbocycles. The lowest BCUT2D eigenvalue weighted by atomic mass is 10.2. The lowest BCUT2D eigenvalue weighted by Gasteiger charge is -2.17. The molecule has 1 unspecified atom stereocenters. The molecule has 1 atom stereocenters. The van der Waals surface area contributed by atoms with E-state index in [4.69, 9.17) is 11.6 Å². The first-order valence-corrected chi connectivity index (χ1v) is 11.1. The van der Waals surface area contributed by atoms with Crippen LogP contribution in [0.3, 0.4) is 0 Å². The van der Waals surface area contributed by atoms with Crippen molar-refractivity contribution in [1.82, 2.24) is 14.9 Å². The number of hydrogen-bond acceptors (Lipinski definition) is 4. The van der Waals surface area contributed by atoms with Gasteiger partial charge in [-0.15, -0.1) is 0 Å². The molecule has 0 aromatic heterocycles. The van der Waals surface area contributed by atoms with Gasteiger partial charge in [-0.25, -0.2) is 13.1 Å². The number of rotatable bonds is 8. The van der Waals surface area contributed by atoms with Crippen LogP contribution in [0.2, 0.25) is 5.02 Å². The van der Waals surface area contributed by atoms with Crippen LogP contribution in [0, 0.1) is 0 Å². The van der Waals surface area contributed by atoms with Gasteiger partial charge in [0.05, 0.1) is 5.02 Å². The van der Waals surface area contributed by atoms with Crippen molar-refractivity contribution >= 4 is 27.5 Å². The molecule has 0 spiro atoms. The minimum atomic E-state index is -3.73. The Labute approximate surface area is 170 Å². The topological polar surface area (TPSA) is 78.5 Å². The largest absolute Gasteiger partial charge is 0.352 e. The molecule has 2 aromatic rings. The maximum absolute atomic E-state index is 12.3. The summed E-state index contributed by atoms with van der Waals surface area (Å²) in [6, 6.07) is 16.5. The SMILES string of the molecule is O=C(CCNS(=O)(=O)c1ccccc1Cl)NC1CCN(Cc2ccccc2)C1. The molecule has 150 valence electrons. The number of amides is 1. The molecule has 6 nitrogen and oxygen atoms in total. The smallest absolute Gasteiger partial charge is 0.242 e. The fourth-order valence-corrected chi connectivity index (χ4v) is 4.82. The summed E-state index contributed by atoms with van der Waals surface area (Å²) in [6.07, 6.45) is 0.975. The van der Waals surface area contributed by atoms with Crippen molar-refractivity contribution < 1.29 is 13.2 Å². The van der Waals surface area contributed by atoms with Crippen LogP contribution in [-0.2, 0) is 21.4 Å². The van der Waals surface area contributed by atoms with E-state index < -0.39 is 10.0 Å². The highest BCUT2D eigenvalue weighted by atomic mass is 35.5. The lowest BCUT2D eigenvalue weighted by molar-refractivity contribution is -0.121. The van der Waals surface area contributed by atoms with Gasteiger partial charge in [0, 0.05) is 38.6 Å². The Bertz CT molecular complexity index is 906. The maximum atomic E-state index is 12.3. The second-order valence-corrected chi connectivity index (χ2v) is 8.99. The molecule has 3 rings (SSSR count). The molecule has 1 saturated heterocycles. The number of halogens is 1. The average molecular weight is 422 g/mol. The predicted octanol–water partition coefficient (Wildman–Crippen LogP) is 2.40. The molecule has 0 radical (unpaired) electrons. The van der Waals surface area contributed by atoms with Crippen molar-refractivity contribution in [3.8, 4) is 0 Å². The molecule has 28 heavy (non-hydrogen) atoms. The zero-order valence-corrected chi connectivity index (χ0v) is 17.0. The lowest BCUT2D eigenvalue weighted by Crippen LogP contribution is -2.38. The molecule has 1 aliphatic rings. The highest BCUT2D eigenvalue weighted by Crippen LogP contribution is 2.20. The fourth-order valence-electron chi connectivity index (χ4n) is 3.27. The molecule has 0 aliphatic carbocycles. The van der Waals surface area contributed by atoms with Crippen LogP contribution in [0.15, 0.2) is 59.5 Å². The van der Waals surface area contributed by atoms with Crippen molar-refractivity contribution in [2.24, 2.45) is 0 Å². The van der Waals surface area contributed by atoms with Gasteiger partial charge >= 0.3 is 0 Å². The Morgan fingerprint density at radius 2 is 1.82 bits per heavy atom. The van der Waals surface area contributed by atoms with E-state index in [9.17, 15) is 13.2 Å². The van der Waals surface area contributed by atoms with Gasteiger partial charge in [-0.05, 0) is 24.1 Å². The zero-order chi connectivity index (χ0) is 20.0. The number of benzene rings is 2. The third-order valence-corrected chi connectivity index (χ3v) is 6.62. The number of sulfonamides is 1. The van der Waals surface area contributed by atoms with Crippen LogP contribution in [0.5, 0.6) is 0 Å². The summed E-state index contributed by atoms with van der Waals surface area (Å²) in [5.74, 6) is -0.159. The van der Waals surface area contributed by atoms with Gasteiger partial charge in [0.1, 0.15) is 4.90 Å². The fraction of sp³-hybridized carbons (Fsp3) is 0.350. The van der Waals surface area contributed by atoms with E-state index in [0.29, 0.717) is 0 Å². The first kappa shape index (κ1) is 20.8. The minimum Gasteiger partial charge on any atom is -0.352 e. The Morgan fingerprint density at radius 1 is 1.11 bits per heavy atom. The Hall–Kier alpha value is -1.93. The molecule has 8 heteroatoms. The summed E-state index contributed by atoms with van der Waals surface area (Å²) in [5, 5.41) is 3.15. The van der Waals surface area contributed by atoms with E-state index in [1.54, 1.807) is 12.1 Å². The van der Waals surface area contributed by atoms with E-state index in [-0.39, 0.29) is 34.8 Å². The zero-order valence-electron chi connectivity index (χ0n) is 15.5. The van der Waals surface area contributed by atoms with Crippen LogP contribution in [0.1, 0.15) is 18.4 Å². The minimum absolute atomic E-state index is 0.0180. The second-order valence-electron chi connectivity index (χ2n) is 6.85. The number of hydrogen-bond donors (Lipinski definition) is 2. The predicted molar refractivity (Wildman–Crippen MR) is 110 cm³/mol. The number of likely N-dealkylation sites (tertiary alicyclic amines) is 1. The molecule has 0 saturated carbocycles. The van der Waals surface area contributed by atoms with Gasteiger partial charge in [-0.2, -0.15) is 0 Å². The normalized spacial score (nSPS) is 17.5. The molecule has 0 bridgehead atoms. The van der Waals surface area contributed by atoms with Crippen LogP contribution in [0.25, 0.3) is 0 Å². The summed E-state index contributed by atoms with van der Waals surface area (Å²) in [6.45, 7) is 2.62. The Kier molecular flexibility index (Phi) is 7.07. The number of carbonyl (C=O) groups is 1. The van der Waals surface area contributed by atoms with Gasteiger partial charge in [0.2, 0.25) is 15.9 Å². The summed E-state index contributed by atoms with van der Waals surface area (Å²) < 4.78 is 27.0. The molecule has 1 aliphatic heterocycles. The van der Waals surface area contributed by atoms with E-state index >= 15 is 0 Å². The molecular weight excluding hydrogens is 398 g/mol. The summed E-state index contributed by atoms with van der Waals surface area (Å²) in [7, 11) is -3.73. The van der Waals surface area contributed by atoms with E-state index in [1.807, 2.05) is 18.2 Å². The van der Waals surface area contributed by atoms with Gasteiger partial charge in [0.15, 0.2) is 0 Å². The molecular formula is C20H24ClN3O3S. The molecule has 1 heterocycles. The van der Waals surface area contributed by atoms with Gasteiger partial charge in [-0.1, -0.05) is 54.1 Å². The maximum Gasteiger partial charge on any atom is 0.242 e. The third-order valence-electron chi connectivity index (χ3n) is 4.66. The van der Waals surface area contributed by atoms with Crippen LogP contribution < -0.4 is 10.0 Å². The van der Waals surface area contributed by atoms with Crippen molar-refractivity contribution in [2.75, 3.05) is 19.6 Å². The van der Waals surface area contributed by atoms with Crippen molar-refractivity contribution in [3.63, 3.8) is 0 Å². The van der Waals surface area contributed by atoms with Crippen LogP contribution >= 0.6 is 11.6 Å². The molecule has 1 amide bonds. The second kappa shape index (κ2) is 9.52. The summed E-state index contributed by atoms with van der Waals surface area (Å²) in [4.78, 5) is 14.5. The van der Waals surface area contributed by atoms with Crippen molar-refractivity contribution in [1.29, 1.82) is 0 Å². The van der Waals surface area contributed by atoms with Gasteiger partial charge in [-0.3, -0.25) is 9.69 Å². The number of carbonyl (C=O) groups excluding carboxylic acids is 1. The third kappa shape index (κ3) is 5.78. The number of nitrogens with one attached hydrogen (secondary N) is 2.